The number of rotatable bonds is 7. The second kappa shape index (κ2) is 7.64. The van der Waals surface area contributed by atoms with E-state index >= 15 is 0 Å². The number of nitrogens with one attached hydrogen (secondary N) is 1. The number of hydrogen-bond donors (Lipinski definition) is 1. The Balaban J connectivity index is 2.88. The first-order chi connectivity index (χ1) is 10.2. The molecule has 0 radical (unpaired) electrons. The van der Waals surface area contributed by atoms with Crippen LogP contribution in [0.1, 0.15) is 20.3 Å². The Morgan fingerprint density at radius 1 is 1.23 bits per heavy atom. The number of sulfonamides is 1. The molecule has 0 saturated carbocycles. The van der Waals surface area contributed by atoms with Crippen LogP contribution < -0.4 is 4.72 Å². The predicted molar refractivity (Wildman–Crippen MR) is 76.5 cm³/mol. The van der Waals surface area contributed by atoms with E-state index in [0.717, 1.165) is 0 Å². The molecule has 0 aliphatic heterocycles. The Hall–Kier alpha value is -1.54. The number of esters is 1. The van der Waals surface area contributed by atoms with Crippen molar-refractivity contribution in [1.29, 1.82) is 0 Å². The summed E-state index contributed by atoms with van der Waals surface area (Å²) in [4.78, 5) is 11.1. The van der Waals surface area contributed by atoms with Gasteiger partial charge >= 0.3 is 5.97 Å². The van der Waals surface area contributed by atoms with E-state index in [0.29, 0.717) is 24.6 Å². The molecule has 0 amide bonds. The smallest absolute Gasteiger partial charge is 0.309 e. The van der Waals surface area contributed by atoms with Gasteiger partial charge in [0.25, 0.3) is 0 Å². The lowest BCUT2D eigenvalue weighted by atomic mass is 9.97. The van der Waals surface area contributed by atoms with Crippen molar-refractivity contribution in [2.24, 2.45) is 11.8 Å². The zero-order valence-corrected chi connectivity index (χ0v) is 13.4. The Morgan fingerprint density at radius 3 is 2.23 bits per heavy atom. The molecule has 0 spiro atoms. The van der Waals surface area contributed by atoms with Gasteiger partial charge in [0.1, 0.15) is 11.6 Å². The first kappa shape index (κ1) is 18.5. The van der Waals surface area contributed by atoms with Crippen LogP contribution in [-0.4, -0.2) is 28.0 Å². The molecule has 124 valence electrons. The van der Waals surface area contributed by atoms with Crippen LogP contribution in [0.4, 0.5) is 8.78 Å². The summed E-state index contributed by atoms with van der Waals surface area (Å²) in [7, 11) is -2.90. The van der Waals surface area contributed by atoms with Crippen molar-refractivity contribution in [2.45, 2.75) is 25.2 Å². The largest absolute Gasteiger partial charge is 0.469 e. The lowest BCUT2D eigenvalue weighted by Crippen LogP contribution is -2.34. The van der Waals surface area contributed by atoms with Gasteiger partial charge in [-0.05, 0) is 24.5 Å². The van der Waals surface area contributed by atoms with Gasteiger partial charge < -0.3 is 4.74 Å². The van der Waals surface area contributed by atoms with Gasteiger partial charge in [-0.15, -0.1) is 0 Å². The van der Waals surface area contributed by atoms with Gasteiger partial charge in [-0.25, -0.2) is 21.9 Å². The van der Waals surface area contributed by atoms with Crippen molar-refractivity contribution in [2.75, 3.05) is 13.7 Å². The zero-order chi connectivity index (χ0) is 16.9. The first-order valence-corrected chi connectivity index (χ1v) is 8.17. The molecule has 1 N–H and O–H groups in total. The highest BCUT2D eigenvalue weighted by Crippen LogP contribution is 2.16. The van der Waals surface area contributed by atoms with Gasteiger partial charge in [-0.2, -0.15) is 0 Å². The van der Waals surface area contributed by atoms with Crippen molar-refractivity contribution in [3.05, 3.63) is 29.8 Å². The Labute approximate surface area is 128 Å². The molecule has 1 aromatic rings. The molecule has 1 unspecified atom stereocenters. The average Bonchev–Trinajstić information content (AvgIpc) is 2.41. The zero-order valence-electron chi connectivity index (χ0n) is 12.6. The fourth-order valence-electron chi connectivity index (χ4n) is 1.98. The van der Waals surface area contributed by atoms with E-state index in [1.54, 1.807) is 0 Å². The van der Waals surface area contributed by atoms with Crippen LogP contribution in [0, 0.1) is 23.5 Å². The molecule has 0 aromatic heterocycles. The lowest BCUT2D eigenvalue weighted by molar-refractivity contribution is -0.145. The molecule has 0 saturated heterocycles. The number of halogens is 2. The predicted octanol–water partition coefficient (Wildman–Crippen LogP) is 2.08. The molecule has 1 atom stereocenters. The first-order valence-electron chi connectivity index (χ1n) is 6.69. The van der Waals surface area contributed by atoms with Gasteiger partial charge in [0, 0.05) is 12.6 Å². The third-order valence-corrected chi connectivity index (χ3v) is 4.36. The molecule has 1 rings (SSSR count). The van der Waals surface area contributed by atoms with E-state index < -0.39 is 38.4 Å². The van der Waals surface area contributed by atoms with Crippen LogP contribution in [0.5, 0.6) is 0 Å². The number of benzene rings is 1. The number of carbonyl (C=O) groups is 1. The number of ether oxygens (including phenoxy) is 1. The highest BCUT2D eigenvalue weighted by molar-refractivity contribution is 7.89. The SMILES string of the molecule is COC(=O)C(CNS(=O)(=O)c1cc(F)cc(F)c1)CC(C)C. The highest BCUT2D eigenvalue weighted by Gasteiger charge is 2.24. The second-order valence-electron chi connectivity index (χ2n) is 5.31. The Morgan fingerprint density at radius 2 is 1.77 bits per heavy atom. The van der Waals surface area contributed by atoms with Crippen molar-refractivity contribution >= 4 is 16.0 Å². The van der Waals surface area contributed by atoms with E-state index in [2.05, 4.69) is 9.46 Å². The van der Waals surface area contributed by atoms with E-state index in [1.165, 1.54) is 7.11 Å². The molecule has 22 heavy (non-hydrogen) atoms. The maximum Gasteiger partial charge on any atom is 0.309 e. The normalized spacial score (nSPS) is 13.2. The molecule has 0 bridgehead atoms. The quantitative estimate of drug-likeness (QED) is 0.774. The van der Waals surface area contributed by atoms with Crippen molar-refractivity contribution < 1.29 is 26.7 Å². The third-order valence-electron chi connectivity index (χ3n) is 2.96. The fraction of sp³-hybridized carbons (Fsp3) is 0.500. The molecular formula is C14H19F2NO4S. The second-order valence-corrected chi connectivity index (χ2v) is 7.07. The molecule has 0 aliphatic carbocycles. The van der Waals surface area contributed by atoms with Crippen molar-refractivity contribution in [3.63, 3.8) is 0 Å². The maximum atomic E-state index is 13.1. The van der Waals surface area contributed by atoms with E-state index in [-0.39, 0.29) is 12.5 Å². The summed E-state index contributed by atoms with van der Waals surface area (Å²) in [6.07, 6.45) is 0.423. The lowest BCUT2D eigenvalue weighted by Gasteiger charge is -2.17. The summed E-state index contributed by atoms with van der Waals surface area (Å²) < 4.78 is 57.1. The molecule has 5 nitrogen and oxygen atoms in total. The van der Waals surface area contributed by atoms with Crippen molar-refractivity contribution in [3.8, 4) is 0 Å². The van der Waals surface area contributed by atoms with Crippen molar-refractivity contribution in [1.82, 2.24) is 4.72 Å². The minimum Gasteiger partial charge on any atom is -0.469 e. The van der Waals surface area contributed by atoms with Gasteiger partial charge in [-0.3, -0.25) is 4.79 Å². The summed E-state index contributed by atoms with van der Waals surface area (Å²) in [5.74, 6) is -3.04. The van der Waals surface area contributed by atoms with E-state index in [4.69, 9.17) is 0 Å². The van der Waals surface area contributed by atoms with Gasteiger partial charge in [0.05, 0.1) is 17.9 Å². The monoisotopic (exact) mass is 335 g/mol. The van der Waals surface area contributed by atoms with Crippen LogP contribution in [-0.2, 0) is 19.6 Å². The maximum absolute atomic E-state index is 13.1. The average molecular weight is 335 g/mol. The summed E-state index contributed by atoms with van der Waals surface area (Å²) in [6, 6.07) is 2.00. The third kappa shape index (κ3) is 5.34. The number of methoxy groups -OCH3 is 1. The van der Waals surface area contributed by atoms with Crippen LogP contribution >= 0.6 is 0 Å². The van der Waals surface area contributed by atoms with Crippen LogP contribution in [0.2, 0.25) is 0 Å². The van der Waals surface area contributed by atoms with Crippen LogP contribution in [0.15, 0.2) is 23.1 Å². The molecule has 1 aromatic carbocycles. The summed E-state index contributed by atoms with van der Waals surface area (Å²) in [5.41, 5.74) is 0. The number of hydrogen-bond acceptors (Lipinski definition) is 4. The van der Waals surface area contributed by atoms with E-state index in [9.17, 15) is 22.0 Å². The summed E-state index contributed by atoms with van der Waals surface area (Å²) in [5, 5.41) is 0. The summed E-state index contributed by atoms with van der Waals surface area (Å²) in [6.45, 7) is 3.56. The minimum atomic E-state index is -4.12. The fourth-order valence-corrected chi connectivity index (χ4v) is 3.10. The number of carbonyl (C=O) groups excluding carboxylic acids is 1. The van der Waals surface area contributed by atoms with E-state index in [1.807, 2.05) is 13.8 Å². The standard InChI is InChI=1S/C14H19F2NO4S/c1-9(2)4-10(14(18)21-3)8-17-22(19,20)13-6-11(15)5-12(16)7-13/h5-7,9-10,17H,4,8H2,1-3H3. The molecule has 0 heterocycles. The summed E-state index contributed by atoms with van der Waals surface area (Å²) >= 11 is 0. The molecular weight excluding hydrogens is 316 g/mol. The molecule has 0 fully saturated rings. The highest BCUT2D eigenvalue weighted by atomic mass is 32.2. The van der Waals surface area contributed by atoms with Gasteiger partial charge in [0.2, 0.25) is 10.0 Å². The molecule has 8 heteroatoms. The topological polar surface area (TPSA) is 72.5 Å². The Kier molecular flexibility index (Phi) is 6.43. The van der Waals surface area contributed by atoms with Crippen LogP contribution in [0.25, 0.3) is 0 Å². The van der Waals surface area contributed by atoms with Crippen LogP contribution in [0.3, 0.4) is 0 Å². The molecule has 0 aliphatic rings. The van der Waals surface area contributed by atoms with Gasteiger partial charge in [-0.1, -0.05) is 13.8 Å². The Bertz CT molecular complexity index is 611. The minimum absolute atomic E-state index is 0.153. The van der Waals surface area contributed by atoms with Gasteiger partial charge in [0.15, 0.2) is 0 Å².